The summed E-state index contributed by atoms with van der Waals surface area (Å²) in [5, 5.41) is 0. The average Bonchev–Trinajstić information content (AvgIpc) is 0.811. The number of halogens is 1. The SMILES string of the molecule is O=S(O)O.[I-].[K+]. The number of hydrogen-bond donors (Lipinski definition) is 2. The third-order valence-electron chi connectivity index (χ3n) is 0. The van der Waals surface area contributed by atoms with Crippen molar-refractivity contribution in [2.24, 2.45) is 0 Å². The molecular formula is H2IKO3S. The van der Waals surface area contributed by atoms with Gasteiger partial charge in [-0.1, -0.05) is 0 Å². The molecule has 0 aromatic heterocycles. The predicted octanol–water partition coefficient (Wildman–Crippen LogP) is -6.31. The molecule has 0 heterocycles. The van der Waals surface area contributed by atoms with Crippen molar-refractivity contribution in [2.75, 3.05) is 0 Å². The number of rotatable bonds is 0. The fraction of sp³-hybridized carbons (Fsp3) is 0. The van der Waals surface area contributed by atoms with Crippen LogP contribution in [0.4, 0.5) is 0 Å². The van der Waals surface area contributed by atoms with E-state index in [0.29, 0.717) is 0 Å². The summed E-state index contributed by atoms with van der Waals surface area (Å²) in [5.74, 6) is 0. The van der Waals surface area contributed by atoms with E-state index in [0.717, 1.165) is 0 Å². The molecule has 2 N–H and O–H groups in total. The first-order chi connectivity index (χ1) is 1.73. The molecule has 0 aliphatic heterocycles. The van der Waals surface area contributed by atoms with Gasteiger partial charge in [0.1, 0.15) is 0 Å². The summed E-state index contributed by atoms with van der Waals surface area (Å²) >= 11 is -2.61. The van der Waals surface area contributed by atoms with Gasteiger partial charge in [0.15, 0.2) is 0 Å². The Morgan fingerprint density at radius 2 is 1.33 bits per heavy atom. The maximum atomic E-state index is 8.67. The molecule has 6 heavy (non-hydrogen) atoms. The van der Waals surface area contributed by atoms with Gasteiger partial charge < -0.3 is 24.0 Å². The minimum absolute atomic E-state index is 0. The van der Waals surface area contributed by atoms with Gasteiger partial charge in [-0.2, -0.15) is 4.21 Å². The normalized spacial score (nSPS) is 5.83. The maximum Gasteiger partial charge on any atom is 1.00 e. The molecule has 0 saturated carbocycles. The summed E-state index contributed by atoms with van der Waals surface area (Å²) in [7, 11) is 0. The van der Waals surface area contributed by atoms with Gasteiger partial charge >= 0.3 is 51.4 Å². The summed E-state index contributed by atoms with van der Waals surface area (Å²) in [6.45, 7) is 0. The topological polar surface area (TPSA) is 57.5 Å². The van der Waals surface area contributed by atoms with Crippen LogP contribution in [0.25, 0.3) is 0 Å². The zero-order valence-electron chi connectivity index (χ0n) is 3.09. The van der Waals surface area contributed by atoms with E-state index in [9.17, 15) is 0 Å². The Labute approximate surface area is 97.8 Å². The molecule has 0 spiro atoms. The first-order valence-corrected chi connectivity index (χ1v) is 1.60. The van der Waals surface area contributed by atoms with Crippen LogP contribution in [0.1, 0.15) is 0 Å². The number of hydrogen-bond acceptors (Lipinski definition) is 1. The molecule has 3 nitrogen and oxygen atoms in total. The van der Waals surface area contributed by atoms with Crippen molar-refractivity contribution in [1.29, 1.82) is 0 Å². The first-order valence-electron chi connectivity index (χ1n) is 0.532. The van der Waals surface area contributed by atoms with Crippen molar-refractivity contribution in [1.82, 2.24) is 0 Å². The molecule has 0 atom stereocenters. The summed E-state index contributed by atoms with van der Waals surface area (Å²) in [4.78, 5) is 0. The van der Waals surface area contributed by atoms with Gasteiger partial charge in [-0.3, -0.25) is 9.11 Å². The molecule has 6 heteroatoms. The van der Waals surface area contributed by atoms with Gasteiger partial charge in [0.05, 0.1) is 0 Å². The van der Waals surface area contributed by atoms with Crippen LogP contribution in [0, 0.1) is 0 Å². The quantitative estimate of drug-likeness (QED) is 0.255. The van der Waals surface area contributed by atoms with Gasteiger partial charge in [-0.25, -0.2) is 0 Å². The van der Waals surface area contributed by atoms with E-state index < -0.39 is 11.4 Å². The van der Waals surface area contributed by atoms with Crippen molar-refractivity contribution < 1.29 is 88.7 Å². The van der Waals surface area contributed by atoms with Crippen molar-refractivity contribution in [3.05, 3.63) is 0 Å². The van der Waals surface area contributed by atoms with E-state index in [4.69, 9.17) is 13.3 Å². The molecule has 0 unspecified atom stereocenters. The first kappa shape index (κ1) is 15.8. The van der Waals surface area contributed by atoms with Crippen LogP contribution in [0.3, 0.4) is 0 Å². The van der Waals surface area contributed by atoms with Crippen LogP contribution >= 0.6 is 0 Å². The fourth-order valence-electron chi connectivity index (χ4n) is 0. The Bertz CT molecular complexity index is 33.8. The average molecular weight is 248 g/mol. The molecule has 0 fully saturated rings. The van der Waals surface area contributed by atoms with Crippen LogP contribution < -0.4 is 75.4 Å². The second-order valence-electron chi connectivity index (χ2n) is 0.231. The predicted molar refractivity (Wildman–Crippen MR) is 13.4 cm³/mol. The van der Waals surface area contributed by atoms with E-state index in [2.05, 4.69) is 0 Å². The molecule has 0 bridgehead atoms. The van der Waals surface area contributed by atoms with Crippen molar-refractivity contribution in [3.63, 3.8) is 0 Å². The molecule has 0 aliphatic carbocycles. The second kappa shape index (κ2) is 10.4. The summed E-state index contributed by atoms with van der Waals surface area (Å²) in [6.07, 6.45) is 0. The molecule has 34 valence electrons. The maximum absolute atomic E-state index is 8.67. The van der Waals surface area contributed by atoms with Gasteiger partial charge in [-0.05, 0) is 0 Å². The Balaban J connectivity index is -0.0000000450. The van der Waals surface area contributed by atoms with Crippen LogP contribution in [-0.2, 0) is 11.4 Å². The zero-order valence-corrected chi connectivity index (χ0v) is 9.19. The molecular weight excluding hydrogens is 246 g/mol. The standard InChI is InChI=1S/HI.K.H2O3S/c;;1-4(2)3/h1H;;(H2,1,2,3)/q;+1;/p-1. The molecule has 0 aromatic carbocycles. The largest absolute Gasteiger partial charge is 1.00 e. The van der Waals surface area contributed by atoms with E-state index in [1.165, 1.54) is 0 Å². The van der Waals surface area contributed by atoms with E-state index in [1.807, 2.05) is 0 Å². The monoisotopic (exact) mass is 248 g/mol. The Kier molecular flexibility index (Phi) is 27.4. The van der Waals surface area contributed by atoms with Gasteiger partial charge in [0, 0.05) is 0 Å². The van der Waals surface area contributed by atoms with Crippen molar-refractivity contribution in [2.45, 2.75) is 0 Å². The van der Waals surface area contributed by atoms with Gasteiger partial charge in [-0.15, -0.1) is 0 Å². The van der Waals surface area contributed by atoms with Crippen molar-refractivity contribution in [3.8, 4) is 0 Å². The Morgan fingerprint density at radius 1 is 1.33 bits per heavy atom. The molecule has 0 saturated heterocycles. The third-order valence-corrected chi connectivity index (χ3v) is 0. The molecule has 0 rings (SSSR count). The summed E-state index contributed by atoms with van der Waals surface area (Å²) < 4.78 is 22.8. The van der Waals surface area contributed by atoms with Crippen molar-refractivity contribution >= 4 is 11.4 Å². The minimum Gasteiger partial charge on any atom is -1.00 e. The van der Waals surface area contributed by atoms with Crippen LogP contribution in [0.5, 0.6) is 0 Å². The second-order valence-corrected chi connectivity index (χ2v) is 0.692. The zero-order chi connectivity index (χ0) is 3.58. The summed E-state index contributed by atoms with van der Waals surface area (Å²) in [5.41, 5.74) is 0. The van der Waals surface area contributed by atoms with Gasteiger partial charge in [0.25, 0.3) is 11.4 Å². The van der Waals surface area contributed by atoms with Gasteiger partial charge in [0.2, 0.25) is 0 Å². The molecule has 0 aromatic rings. The van der Waals surface area contributed by atoms with Crippen LogP contribution in [0.2, 0.25) is 0 Å². The minimum atomic E-state index is -2.61. The molecule has 0 radical (unpaired) electrons. The van der Waals surface area contributed by atoms with E-state index in [1.54, 1.807) is 0 Å². The molecule has 0 amide bonds. The molecule has 0 aliphatic rings. The third kappa shape index (κ3) is 32.0. The fourth-order valence-corrected chi connectivity index (χ4v) is 0. The van der Waals surface area contributed by atoms with E-state index in [-0.39, 0.29) is 75.4 Å². The van der Waals surface area contributed by atoms with E-state index >= 15 is 0 Å². The Hall–Kier alpha value is 2.44. The smallest absolute Gasteiger partial charge is 1.00 e. The van der Waals surface area contributed by atoms with Crippen LogP contribution in [-0.4, -0.2) is 13.3 Å². The Morgan fingerprint density at radius 3 is 1.33 bits per heavy atom. The van der Waals surface area contributed by atoms with Crippen LogP contribution in [0.15, 0.2) is 0 Å². The summed E-state index contributed by atoms with van der Waals surface area (Å²) in [6, 6.07) is 0.